The molecular weight excluding hydrogens is 214 g/mol. The van der Waals surface area contributed by atoms with E-state index in [-0.39, 0.29) is 5.91 Å². The van der Waals surface area contributed by atoms with Crippen molar-refractivity contribution in [1.29, 1.82) is 0 Å². The first-order valence-electron chi connectivity index (χ1n) is 6.21. The van der Waals surface area contributed by atoms with Crippen molar-refractivity contribution >= 4 is 11.6 Å². The Morgan fingerprint density at radius 3 is 3.06 bits per heavy atom. The van der Waals surface area contributed by atoms with Gasteiger partial charge in [-0.1, -0.05) is 13.3 Å². The summed E-state index contributed by atoms with van der Waals surface area (Å²) in [7, 11) is 0. The molecule has 0 saturated carbocycles. The molecule has 1 saturated heterocycles. The monoisotopic (exact) mass is 233 g/mol. The molecule has 1 aromatic rings. The first-order chi connectivity index (χ1) is 8.20. The third-order valence-electron chi connectivity index (χ3n) is 3.39. The minimum atomic E-state index is 0.0307. The summed E-state index contributed by atoms with van der Waals surface area (Å²) in [5.41, 5.74) is 6.65. The Balaban J connectivity index is 2.06. The SMILES string of the molecule is CCC1CCCN(C(=O)c2ccc(N)cn2)C1. The van der Waals surface area contributed by atoms with Crippen molar-refractivity contribution < 1.29 is 4.79 Å². The van der Waals surface area contributed by atoms with Crippen molar-refractivity contribution in [2.45, 2.75) is 26.2 Å². The van der Waals surface area contributed by atoms with E-state index in [0.29, 0.717) is 17.3 Å². The molecule has 2 N–H and O–H groups in total. The van der Waals surface area contributed by atoms with Crippen LogP contribution in [0.15, 0.2) is 18.3 Å². The Bertz CT molecular complexity index is 388. The van der Waals surface area contributed by atoms with Gasteiger partial charge in [-0.2, -0.15) is 0 Å². The summed E-state index contributed by atoms with van der Waals surface area (Å²) < 4.78 is 0. The average molecular weight is 233 g/mol. The Morgan fingerprint density at radius 1 is 1.59 bits per heavy atom. The summed E-state index contributed by atoms with van der Waals surface area (Å²) >= 11 is 0. The van der Waals surface area contributed by atoms with E-state index in [0.717, 1.165) is 25.9 Å². The van der Waals surface area contributed by atoms with E-state index in [4.69, 9.17) is 5.73 Å². The van der Waals surface area contributed by atoms with E-state index in [1.54, 1.807) is 12.1 Å². The van der Waals surface area contributed by atoms with Gasteiger partial charge in [0.2, 0.25) is 0 Å². The summed E-state index contributed by atoms with van der Waals surface area (Å²) in [6.07, 6.45) is 5.00. The van der Waals surface area contributed by atoms with Crippen LogP contribution in [0.2, 0.25) is 0 Å². The third-order valence-corrected chi connectivity index (χ3v) is 3.39. The molecule has 0 spiro atoms. The number of rotatable bonds is 2. The van der Waals surface area contributed by atoms with Crippen LogP contribution in [0.3, 0.4) is 0 Å². The Hall–Kier alpha value is -1.58. The van der Waals surface area contributed by atoms with Crippen molar-refractivity contribution in [2.75, 3.05) is 18.8 Å². The fourth-order valence-corrected chi connectivity index (χ4v) is 2.28. The van der Waals surface area contributed by atoms with Gasteiger partial charge >= 0.3 is 0 Å². The van der Waals surface area contributed by atoms with Crippen LogP contribution in [0.5, 0.6) is 0 Å². The lowest BCUT2D eigenvalue weighted by Gasteiger charge is -2.32. The summed E-state index contributed by atoms with van der Waals surface area (Å²) in [6, 6.07) is 3.43. The largest absolute Gasteiger partial charge is 0.397 e. The average Bonchev–Trinajstić information content (AvgIpc) is 2.39. The maximum absolute atomic E-state index is 12.2. The van der Waals surface area contributed by atoms with Crippen molar-refractivity contribution in [3.63, 3.8) is 0 Å². The summed E-state index contributed by atoms with van der Waals surface area (Å²) in [6.45, 7) is 3.89. The number of aromatic nitrogens is 1. The number of anilines is 1. The van der Waals surface area contributed by atoms with Gasteiger partial charge in [-0.05, 0) is 30.9 Å². The normalized spacial score (nSPS) is 20.3. The topological polar surface area (TPSA) is 59.2 Å². The smallest absolute Gasteiger partial charge is 0.272 e. The summed E-state index contributed by atoms with van der Waals surface area (Å²) in [5.74, 6) is 0.671. The van der Waals surface area contributed by atoms with Crippen molar-refractivity contribution in [2.24, 2.45) is 5.92 Å². The second kappa shape index (κ2) is 5.17. The van der Waals surface area contributed by atoms with E-state index in [1.165, 1.54) is 12.6 Å². The first-order valence-corrected chi connectivity index (χ1v) is 6.21. The van der Waals surface area contributed by atoms with E-state index in [2.05, 4.69) is 11.9 Å². The highest BCUT2D eigenvalue weighted by atomic mass is 16.2. The van der Waals surface area contributed by atoms with Crippen LogP contribution in [0.25, 0.3) is 0 Å². The van der Waals surface area contributed by atoms with E-state index in [9.17, 15) is 4.79 Å². The van der Waals surface area contributed by atoms with Crippen LogP contribution in [-0.4, -0.2) is 28.9 Å². The molecule has 1 atom stereocenters. The van der Waals surface area contributed by atoms with E-state index in [1.807, 2.05) is 4.90 Å². The van der Waals surface area contributed by atoms with Gasteiger partial charge in [0, 0.05) is 13.1 Å². The fraction of sp³-hybridized carbons (Fsp3) is 0.538. The zero-order chi connectivity index (χ0) is 12.3. The molecule has 1 aromatic heterocycles. The molecule has 2 rings (SSSR count). The molecule has 1 unspecified atom stereocenters. The molecule has 2 heterocycles. The third kappa shape index (κ3) is 2.75. The number of amides is 1. The Kier molecular flexibility index (Phi) is 3.61. The van der Waals surface area contributed by atoms with Gasteiger partial charge in [-0.25, -0.2) is 4.98 Å². The number of likely N-dealkylation sites (tertiary alicyclic amines) is 1. The highest BCUT2D eigenvalue weighted by Gasteiger charge is 2.23. The molecule has 92 valence electrons. The fourth-order valence-electron chi connectivity index (χ4n) is 2.28. The number of piperidine rings is 1. The zero-order valence-corrected chi connectivity index (χ0v) is 10.2. The zero-order valence-electron chi connectivity index (χ0n) is 10.2. The van der Waals surface area contributed by atoms with Crippen LogP contribution >= 0.6 is 0 Å². The quantitative estimate of drug-likeness (QED) is 0.849. The van der Waals surface area contributed by atoms with Crippen LogP contribution in [0.1, 0.15) is 36.7 Å². The Morgan fingerprint density at radius 2 is 2.41 bits per heavy atom. The van der Waals surface area contributed by atoms with Gasteiger partial charge in [0.05, 0.1) is 11.9 Å². The van der Waals surface area contributed by atoms with Crippen LogP contribution in [0.4, 0.5) is 5.69 Å². The highest BCUT2D eigenvalue weighted by Crippen LogP contribution is 2.20. The van der Waals surface area contributed by atoms with E-state index >= 15 is 0 Å². The molecule has 4 heteroatoms. The van der Waals surface area contributed by atoms with Gasteiger partial charge in [0.15, 0.2) is 0 Å². The number of hydrogen-bond donors (Lipinski definition) is 1. The number of pyridine rings is 1. The second-order valence-electron chi connectivity index (χ2n) is 4.64. The van der Waals surface area contributed by atoms with Crippen molar-refractivity contribution in [1.82, 2.24) is 9.88 Å². The lowest BCUT2D eigenvalue weighted by Crippen LogP contribution is -2.40. The number of nitrogen functional groups attached to an aromatic ring is 1. The molecule has 0 aliphatic carbocycles. The predicted octanol–water partition coefficient (Wildman–Crippen LogP) is 1.93. The molecule has 0 aromatic carbocycles. The molecule has 1 amide bonds. The molecule has 1 fully saturated rings. The first kappa shape index (κ1) is 11.9. The van der Waals surface area contributed by atoms with Crippen LogP contribution in [0, 0.1) is 5.92 Å². The van der Waals surface area contributed by atoms with Gasteiger partial charge in [0.25, 0.3) is 5.91 Å². The predicted molar refractivity (Wildman–Crippen MR) is 67.6 cm³/mol. The number of nitrogens with zero attached hydrogens (tertiary/aromatic N) is 2. The maximum Gasteiger partial charge on any atom is 0.272 e. The molecular formula is C13H19N3O. The molecule has 4 nitrogen and oxygen atoms in total. The summed E-state index contributed by atoms with van der Waals surface area (Å²) in [4.78, 5) is 18.2. The van der Waals surface area contributed by atoms with Crippen LogP contribution < -0.4 is 5.73 Å². The van der Waals surface area contributed by atoms with Crippen LogP contribution in [-0.2, 0) is 0 Å². The molecule has 1 aliphatic heterocycles. The minimum Gasteiger partial charge on any atom is -0.397 e. The molecule has 0 bridgehead atoms. The number of carbonyl (C=O) groups excluding carboxylic acids is 1. The minimum absolute atomic E-state index is 0.0307. The maximum atomic E-state index is 12.2. The van der Waals surface area contributed by atoms with Crippen molar-refractivity contribution in [3.8, 4) is 0 Å². The van der Waals surface area contributed by atoms with Gasteiger partial charge in [0.1, 0.15) is 5.69 Å². The van der Waals surface area contributed by atoms with Gasteiger partial charge in [-0.3, -0.25) is 4.79 Å². The number of carbonyl (C=O) groups is 1. The summed E-state index contributed by atoms with van der Waals surface area (Å²) in [5, 5.41) is 0. The lowest BCUT2D eigenvalue weighted by molar-refractivity contribution is 0.0665. The standard InChI is InChI=1S/C13H19N3O/c1-2-10-4-3-7-16(9-10)13(17)12-6-5-11(14)8-15-12/h5-6,8,10H,2-4,7,9,14H2,1H3. The number of hydrogen-bond acceptors (Lipinski definition) is 3. The van der Waals surface area contributed by atoms with Gasteiger partial charge in [-0.15, -0.1) is 0 Å². The lowest BCUT2D eigenvalue weighted by atomic mass is 9.95. The molecule has 0 radical (unpaired) electrons. The second-order valence-corrected chi connectivity index (χ2v) is 4.64. The molecule has 17 heavy (non-hydrogen) atoms. The highest BCUT2D eigenvalue weighted by molar-refractivity contribution is 5.92. The van der Waals surface area contributed by atoms with Gasteiger partial charge < -0.3 is 10.6 Å². The molecule has 1 aliphatic rings. The Labute approximate surface area is 102 Å². The van der Waals surface area contributed by atoms with Crippen molar-refractivity contribution in [3.05, 3.63) is 24.0 Å². The van der Waals surface area contributed by atoms with E-state index < -0.39 is 0 Å². The number of nitrogens with two attached hydrogens (primary N) is 1.